The van der Waals surface area contributed by atoms with E-state index >= 15 is 0 Å². The minimum atomic E-state index is 0.241. The standard InChI is InChI=1S/C13H12BrClS/c1-8-4-3-5-10(9(8)2)13(14)11-6-7-12(15)16-11/h3-7,13H,1-2H3. The van der Waals surface area contributed by atoms with E-state index in [0.29, 0.717) is 0 Å². The highest BCUT2D eigenvalue weighted by Gasteiger charge is 2.15. The average molecular weight is 316 g/mol. The van der Waals surface area contributed by atoms with Crippen LogP contribution in [0, 0.1) is 13.8 Å². The molecule has 0 aliphatic heterocycles. The van der Waals surface area contributed by atoms with Crippen molar-refractivity contribution in [2.24, 2.45) is 0 Å². The fraction of sp³-hybridized carbons (Fsp3) is 0.231. The van der Waals surface area contributed by atoms with Gasteiger partial charge >= 0.3 is 0 Å². The number of rotatable bonds is 2. The van der Waals surface area contributed by atoms with E-state index in [0.717, 1.165) is 4.34 Å². The summed E-state index contributed by atoms with van der Waals surface area (Å²) in [4.78, 5) is 1.49. The maximum Gasteiger partial charge on any atom is 0.0931 e. The Morgan fingerprint density at radius 3 is 2.56 bits per heavy atom. The molecule has 3 heteroatoms. The van der Waals surface area contributed by atoms with E-state index in [4.69, 9.17) is 11.6 Å². The molecule has 0 N–H and O–H groups in total. The number of thiophene rings is 1. The first kappa shape index (κ1) is 12.2. The van der Waals surface area contributed by atoms with Gasteiger partial charge in [-0.25, -0.2) is 0 Å². The molecule has 0 saturated carbocycles. The number of benzene rings is 1. The number of alkyl halides is 1. The van der Waals surface area contributed by atoms with Crippen LogP contribution < -0.4 is 0 Å². The van der Waals surface area contributed by atoms with Crippen molar-refractivity contribution >= 4 is 38.9 Å². The Balaban J connectivity index is 2.41. The molecule has 0 fully saturated rings. The van der Waals surface area contributed by atoms with Crippen molar-refractivity contribution in [3.63, 3.8) is 0 Å². The second kappa shape index (κ2) is 4.91. The van der Waals surface area contributed by atoms with Crippen LogP contribution >= 0.6 is 38.9 Å². The van der Waals surface area contributed by atoms with Gasteiger partial charge in [0.05, 0.1) is 9.16 Å². The molecular weight excluding hydrogens is 304 g/mol. The number of aryl methyl sites for hydroxylation is 1. The fourth-order valence-corrected chi connectivity index (χ4v) is 3.65. The molecule has 16 heavy (non-hydrogen) atoms. The highest BCUT2D eigenvalue weighted by atomic mass is 79.9. The number of hydrogen-bond acceptors (Lipinski definition) is 1. The van der Waals surface area contributed by atoms with Gasteiger partial charge in [-0.1, -0.05) is 45.7 Å². The van der Waals surface area contributed by atoms with Gasteiger partial charge in [-0.05, 0) is 42.7 Å². The van der Waals surface area contributed by atoms with E-state index < -0.39 is 0 Å². The summed E-state index contributed by atoms with van der Waals surface area (Å²) in [5.41, 5.74) is 3.98. The lowest BCUT2D eigenvalue weighted by molar-refractivity contribution is 1.15. The van der Waals surface area contributed by atoms with Crippen LogP contribution in [0.2, 0.25) is 4.34 Å². The first-order chi connectivity index (χ1) is 7.59. The predicted molar refractivity (Wildman–Crippen MR) is 76.0 cm³/mol. The van der Waals surface area contributed by atoms with E-state index in [1.54, 1.807) is 11.3 Å². The van der Waals surface area contributed by atoms with Crippen LogP contribution in [-0.4, -0.2) is 0 Å². The van der Waals surface area contributed by atoms with E-state index in [2.05, 4.69) is 54.0 Å². The molecule has 0 aliphatic rings. The topological polar surface area (TPSA) is 0 Å². The largest absolute Gasteiger partial charge is 0.127 e. The second-order valence-electron chi connectivity index (χ2n) is 3.79. The van der Waals surface area contributed by atoms with Crippen molar-refractivity contribution in [2.75, 3.05) is 0 Å². The van der Waals surface area contributed by atoms with Gasteiger partial charge in [0, 0.05) is 4.88 Å². The Kier molecular flexibility index (Phi) is 3.73. The zero-order valence-corrected chi connectivity index (χ0v) is 12.3. The second-order valence-corrected chi connectivity index (χ2v) is 6.46. The summed E-state index contributed by atoms with van der Waals surface area (Å²) in [5, 5.41) is 0. The smallest absolute Gasteiger partial charge is 0.0931 e. The van der Waals surface area contributed by atoms with Crippen molar-refractivity contribution in [3.8, 4) is 0 Å². The fourth-order valence-electron chi connectivity index (χ4n) is 1.67. The lowest BCUT2D eigenvalue weighted by atomic mass is 10.0. The Bertz CT molecular complexity index is 504. The Morgan fingerprint density at radius 1 is 1.19 bits per heavy atom. The van der Waals surface area contributed by atoms with E-state index in [-0.39, 0.29) is 4.83 Å². The SMILES string of the molecule is Cc1cccc(C(Br)c2ccc(Cl)s2)c1C. The molecule has 1 aromatic carbocycles. The van der Waals surface area contributed by atoms with Gasteiger partial charge in [0.1, 0.15) is 0 Å². The third-order valence-electron chi connectivity index (χ3n) is 2.76. The molecule has 1 unspecified atom stereocenters. The van der Waals surface area contributed by atoms with Gasteiger partial charge in [-0.15, -0.1) is 11.3 Å². The van der Waals surface area contributed by atoms with Gasteiger partial charge in [0.15, 0.2) is 0 Å². The molecule has 0 aliphatic carbocycles. The molecule has 0 amide bonds. The lowest BCUT2D eigenvalue weighted by Crippen LogP contribution is -1.95. The third kappa shape index (κ3) is 2.34. The maximum atomic E-state index is 5.96. The van der Waals surface area contributed by atoms with Crippen LogP contribution in [0.25, 0.3) is 0 Å². The minimum absolute atomic E-state index is 0.241. The third-order valence-corrected chi connectivity index (χ3v) is 5.35. The molecule has 0 bridgehead atoms. The van der Waals surface area contributed by atoms with Crippen molar-refractivity contribution in [1.82, 2.24) is 0 Å². The van der Waals surface area contributed by atoms with Crippen molar-refractivity contribution < 1.29 is 0 Å². The summed E-state index contributed by atoms with van der Waals surface area (Å²) in [7, 11) is 0. The number of hydrogen-bond donors (Lipinski definition) is 0. The summed E-state index contributed by atoms with van der Waals surface area (Å²) in [6.45, 7) is 4.30. The van der Waals surface area contributed by atoms with Crippen LogP contribution in [-0.2, 0) is 0 Å². The Morgan fingerprint density at radius 2 is 1.94 bits per heavy atom. The lowest BCUT2D eigenvalue weighted by Gasteiger charge is -2.13. The van der Waals surface area contributed by atoms with Gasteiger partial charge in [-0.3, -0.25) is 0 Å². The van der Waals surface area contributed by atoms with E-state index in [9.17, 15) is 0 Å². The quantitative estimate of drug-likeness (QED) is 0.642. The molecular formula is C13H12BrClS. The first-order valence-corrected chi connectivity index (χ1v) is 7.16. The first-order valence-electron chi connectivity index (χ1n) is 5.05. The molecule has 1 atom stereocenters. The zero-order valence-electron chi connectivity index (χ0n) is 9.13. The summed E-state index contributed by atoms with van der Waals surface area (Å²) >= 11 is 11.3. The van der Waals surface area contributed by atoms with Gasteiger partial charge in [0.2, 0.25) is 0 Å². The summed E-state index contributed by atoms with van der Waals surface area (Å²) in [6, 6.07) is 10.4. The van der Waals surface area contributed by atoms with Crippen LogP contribution in [0.3, 0.4) is 0 Å². The van der Waals surface area contributed by atoms with Crippen molar-refractivity contribution in [1.29, 1.82) is 0 Å². The molecule has 2 rings (SSSR count). The van der Waals surface area contributed by atoms with Crippen molar-refractivity contribution in [3.05, 3.63) is 56.2 Å². The highest BCUT2D eigenvalue weighted by Crippen LogP contribution is 2.38. The van der Waals surface area contributed by atoms with Gasteiger partial charge < -0.3 is 0 Å². The Hall–Kier alpha value is -0.310. The molecule has 0 nitrogen and oxygen atoms in total. The molecule has 0 radical (unpaired) electrons. The number of halogens is 2. The zero-order chi connectivity index (χ0) is 11.7. The molecule has 84 valence electrons. The van der Waals surface area contributed by atoms with Gasteiger partial charge in [-0.2, -0.15) is 0 Å². The van der Waals surface area contributed by atoms with Crippen LogP contribution in [0.15, 0.2) is 30.3 Å². The molecule has 0 spiro atoms. The molecule has 0 saturated heterocycles. The monoisotopic (exact) mass is 314 g/mol. The minimum Gasteiger partial charge on any atom is -0.127 e. The molecule has 1 heterocycles. The van der Waals surface area contributed by atoms with Crippen molar-refractivity contribution in [2.45, 2.75) is 18.7 Å². The summed E-state index contributed by atoms with van der Waals surface area (Å²) in [5.74, 6) is 0. The van der Waals surface area contributed by atoms with Crippen LogP contribution in [0.1, 0.15) is 26.4 Å². The molecule has 1 aromatic heterocycles. The van der Waals surface area contributed by atoms with Crippen LogP contribution in [0.4, 0.5) is 0 Å². The Labute approximate surface area is 113 Å². The van der Waals surface area contributed by atoms with Gasteiger partial charge in [0.25, 0.3) is 0 Å². The molecule has 2 aromatic rings. The van der Waals surface area contributed by atoms with E-state index in [1.165, 1.54) is 21.6 Å². The maximum absolute atomic E-state index is 5.96. The summed E-state index contributed by atoms with van der Waals surface area (Å²) < 4.78 is 0.838. The predicted octanol–water partition coefficient (Wildman–Crippen LogP) is 5.50. The average Bonchev–Trinajstić information content (AvgIpc) is 2.68. The van der Waals surface area contributed by atoms with E-state index in [1.807, 2.05) is 6.07 Å². The highest BCUT2D eigenvalue weighted by molar-refractivity contribution is 9.09. The summed E-state index contributed by atoms with van der Waals surface area (Å²) in [6.07, 6.45) is 0. The van der Waals surface area contributed by atoms with Crippen LogP contribution in [0.5, 0.6) is 0 Å². The normalized spacial score (nSPS) is 12.8.